The van der Waals surface area contributed by atoms with Gasteiger partial charge in [-0.1, -0.05) is 36.4 Å². The van der Waals surface area contributed by atoms with Crippen molar-refractivity contribution in [1.29, 1.82) is 0 Å². The number of ether oxygens (including phenoxy) is 3. The van der Waals surface area contributed by atoms with E-state index in [0.29, 0.717) is 26.4 Å². The molecule has 25 heavy (non-hydrogen) atoms. The van der Waals surface area contributed by atoms with E-state index in [9.17, 15) is 8.42 Å². The molecule has 0 radical (unpaired) electrons. The molecular formula is C18H22O6S. The molecule has 0 aliphatic carbocycles. The van der Waals surface area contributed by atoms with Crippen molar-refractivity contribution in [3.05, 3.63) is 60.7 Å². The van der Waals surface area contributed by atoms with E-state index in [1.807, 2.05) is 30.3 Å². The number of hydrogen-bond donors (Lipinski definition) is 0. The van der Waals surface area contributed by atoms with Gasteiger partial charge in [-0.05, 0) is 24.3 Å². The second-order valence-electron chi connectivity index (χ2n) is 4.98. The minimum Gasteiger partial charge on any atom is -0.491 e. The first-order chi connectivity index (χ1) is 12.2. The molecule has 0 saturated heterocycles. The highest BCUT2D eigenvalue weighted by atomic mass is 32.2. The van der Waals surface area contributed by atoms with Gasteiger partial charge in [0.05, 0.1) is 37.9 Å². The Morgan fingerprint density at radius 2 is 1.16 bits per heavy atom. The van der Waals surface area contributed by atoms with Crippen LogP contribution < -0.4 is 4.74 Å². The van der Waals surface area contributed by atoms with E-state index in [-0.39, 0.29) is 18.1 Å². The van der Waals surface area contributed by atoms with Gasteiger partial charge in [0.15, 0.2) is 0 Å². The summed E-state index contributed by atoms with van der Waals surface area (Å²) in [6, 6.07) is 17.5. The molecule has 0 atom stereocenters. The Morgan fingerprint density at radius 3 is 1.80 bits per heavy atom. The number of hydrogen-bond acceptors (Lipinski definition) is 6. The van der Waals surface area contributed by atoms with Crippen LogP contribution in [0.1, 0.15) is 0 Å². The van der Waals surface area contributed by atoms with Crippen LogP contribution in [0.3, 0.4) is 0 Å². The van der Waals surface area contributed by atoms with Crippen molar-refractivity contribution in [2.24, 2.45) is 0 Å². The minimum atomic E-state index is -3.72. The molecule has 0 N–H and O–H groups in total. The first kappa shape index (κ1) is 19.4. The predicted octanol–water partition coefficient (Wildman–Crippen LogP) is 2.50. The first-order valence-electron chi connectivity index (χ1n) is 7.96. The van der Waals surface area contributed by atoms with E-state index < -0.39 is 10.1 Å². The topological polar surface area (TPSA) is 71.1 Å². The summed E-state index contributed by atoms with van der Waals surface area (Å²) < 4.78 is 44.7. The average molecular weight is 366 g/mol. The number of rotatable bonds is 12. The lowest BCUT2D eigenvalue weighted by Gasteiger charge is -2.08. The fraction of sp³-hybridized carbons (Fsp3) is 0.333. The van der Waals surface area contributed by atoms with Crippen LogP contribution in [0.4, 0.5) is 0 Å². The Hall–Kier alpha value is -1.93. The van der Waals surface area contributed by atoms with Gasteiger partial charge >= 0.3 is 0 Å². The molecule has 0 amide bonds. The summed E-state index contributed by atoms with van der Waals surface area (Å²) in [6.45, 7) is 1.83. The highest BCUT2D eigenvalue weighted by Crippen LogP contribution is 2.10. The highest BCUT2D eigenvalue weighted by molar-refractivity contribution is 7.86. The fourth-order valence-corrected chi connectivity index (χ4v) is 2.83. The molecule has 0 aliphatic heterocycles. The van der Waals surface area contributed by atoms with Gasteiger partial charge in [-0.25, -0.2) is 0 Å². The summed E-state index contributed by atoms with van der Waals surface area (Å²) in [5, 5.41) is 0. The maximum absolute atomic E-state index is 11.8. The van der Waals surface area contributed by atoms with Gasteiger partial charge in [0, 0.05) is 0 Å². The molecule has 0 heterocycles. The van der Waals surface area contributed by atoms with E-state index >= 15 is 0 Å². The van der Waals surface area contributed by atoms with Crippen molar-refractivity contribution in [3.63, 3.8) is 0 Å². The third-order valence-electron chi connectivity index (χ3n) is 3.11. The zero-order chi connectivity index (χ0) is 17.8. The molecule has 0 aliphatic rings. The Morgan fingerprint density at radius 1 is 0.640 bits per heavy atom. The summed E-state index contributed by atoms with van der Waals surface area (Å²) in [5.41, 5.74) is 0. The van der Waals surface area contributed by atoms with E-state index in [1.54, 1.807) is 18.2 Å². The number of para-hydroxylation sites is 1. The molecule has 0 spiro atoms. The van der Waals surface area contributed by atoms with Crippen molar-refractivity contribution >= 4 is 10.1 Å². The summed E-state index contributed by atoms with van der Waals surface area (Å²) in [5.74, 6) is 0.805. The maximum atomic E-state index is 11.8. The van der Waals surface area contributed by atoms with Gasteiger partial charge < -0.3 is 14.2 Å². The molecular weight excluding hydrogens is 344 g/mol. The van der Waals surface area contributed by atoms with Crippen LogP contribution in [0.25, 0.3) is 0 Å². The quantitative estimate of drug-likeness (QED) is 0.425. The van der Waals surface area contributed by atoms with Gasteiger partial charge in [-0.3, -0.25) is 4.18 Å². The Balaban J connectivity index is 1.46. The van der Waals surface area contributed by atoms with Crippen LogP contribution in [0.15, 0.2) is 65.6 Å². The average Bonchev–Trinajstić information content (AvgIpc) is 2.65. The Bertz CT molecular complexity index is 688. The van der Waals surface area contributed by atoms with E-state index in [1.165, 1.54) is 12.1 Å². The van der Waals surface area contributed by atoms with Gasteiger partial charge in [0.25, 0.3) is 10.1 Å². The van der Waals surface area contributed by atoms with Crippen LogP contribution in [0.5, 0.6) is 5.75 Å². The standard InChI is InChI=1S/C18H22O6S/c19-25(20,18-9-5-2-6-10-18)24-16-14-22-12-11-21-13-15-23-17-7-3-1-4-8-17/h1-10H,11-16H2. The van der Waals surface area contributed by atoms with E-state index in [4.69, 9.17) is 18.4 Å². The molecule has 0 fully saturated rings. The van der Waals surface area contributed by atoms with Crippen molar-refractivity contribution in [2.75, 3.05) is 39.6 Å². The normalized spacial score (nSPS) is 11.4. The molecule has 0 saturated carbocycles. The van der Waals surface area contributed by atoms with Crippen molar-refractivity contribution in [3.8, 4) is 5.75 Å². The zero-order valence-corrected chi connectivity index (χ0v) is 14.7. The van der Waals surface area contributed by atoms with Crippen LogP contribution in [0, 0.1) is 0 Å². The molecule has 6 nitrogen and oxygen atoms in total. The highest BCUT2D eigenvalue weighted by Gasteiger charge is 2.13. The summed E-state index contributed by atoms with van der Waals surface area (Å²) >= 11 is 0. The second-order valence-corrected chi connectivity index (χ2v) is 6.59. The van der Waals surface area contributed by atoms with Gasteiger partial charge in [-0.2, -0.15) is 8.42 Å². The Kier molecular flexibility index (Phi) is 8.41. The number of benzene rings is 2. The van der Waals surface area contributed by atoms with Crippen molar-refractivity contribution < 1.29 is 26.8 Å². The lowest BCUT2D eigenvalue weighted by Crippen LogP contribution is -2.14. The Labute approximate surface area is 148 Å². The smallest absolute Gasteiger partial charge is 0.297 e. The molecule has 136 valence electrons. The molecule has 0 unspecified atom stereocenters. The van der Waals surface area contributed by atoms with E-state index in [2.05, 4.69) is 0 Å². The van der Waals surface area contributed by atoms with Crippen molar-refractivity contribution in [2.45, 2.75) is 4.90 Å². The summed E-state index contributed by atoms with van der Waals surface area (Å²) in [6.07, 6.45) is 0. The lowest BCUT2D eigenvalue weighted by atomic mass is 10.3. The van der Waals surface area contributed by atoms with Crippen LogP contribution in [-0.4, -0.2) is 48.1 Å². The zero-order valence-electron chi connectivity index (χ0n) is 13.9. The van der Waals surface area contributed by atoms with Crippen LogP contribution >= 0.6 is 0 Å². The molecule has 2 rings (SSSR count). The summed E-state index contributed by atoms with van der Waals surface area (Å²) in [4.78, 5) is 0.136. The third-order valence-corrected chi connectivity index (χ3v) is 4.44. The van der Waals surface area contributed by atoms with Crippen LogP contribution in [0.2, 0.25) is 0 Å². The van der Waals surface area contributed by atoms with Gasteiger partial charge in [0.1, 0.15) is 12.4 Å². The van der Waals surface area contributed by atoms with Gasteiger partial charge in [-0.15, -0.1) is 0 Å². The second kappa shape index (κ2) is 10.8. The third kappa shape index (κ3) is 7.66. The monoisotopic (exact) mass is 366 g/mol. The predicted molar refractivity (Wildman–Crippen MR) is 93.2 cm³/mol. The largest absolute Gasteiger partial charge is 0.491 e. The molecule has 7 heteroatoms. The molecule has 2 aromatic carbocycles. The molecule has 2 aromatic rings. The van der Waals surface area contributed by atoms with E-state index in [0.717, 1.165) is 5.75 Å². The first-order valence-corrected chi connectivity index (χ1v) is 9.37. The maximum Gasteiger partial charge on any atom is 0.297 e. The molecule has 0 aromatic heterocycles. The lowest BCUT2D eigenvalue weighted by molar-refractivity contribution is 0.0279. The summed E-state index contributed by atoms with van der Waals surface area (Å²) in [7, 11) is -3.72. The van der Waals surface area contributed by atoms with Crippen molar-refractivity contribution in [1.82, 2.24) is 0 Å². The van der Waals surface area contributed by atoms with Crippen LogP contribution in [-0.2, 0) is 23.8 Å². The molecule has 0 bridgehead atoms. The van der Waals surface area contributed by atoms with Gasteiger partial charge in [0.2, 0.25) is 0 Å². The SMILES string of the molecule is O=S(=O)(OCCOCCOCCOc1ccccc1)c1ccccc1. The minimum absolute atomic E-state index is 0.0334. The fourth-order valence-electron chi connectivity index (χ4n) is 1.91.